The van der Waals surface area contributed by atoms with E-state index in [0.717, 1.165) is 12.6 Å². The highest BCUT2D eigenvalue weighted by Crippen LogP contribution is 2.30. The van der Waals surface area contributed by atoms with E-state index in [4.69, 9.17) is 0 Å². The van der Waals surface area contributed by atoms with Crippen LogP contribution in [0.15, 0.2) is 12.1 Å². The molecule has 1 aromatic heterocycles. The monoisotopic (exact) mass is 465 g/mol. The van der Waals surface area contributed by atoms with E-state index in [1.54, 1.807) is 11.5 Å². The van der Waals surface area contributed by atoms with Gasteiger partial charge >= 0.3 is 0 Å². The van der Waals surface area contributed by atoms with Crippen molar-refractivity contribution >= 4 is 11.8 Å². The van der Waals surface area contributed by atoms with Crippen LogP contribution in [0.5, 0.6) is 0 Å². The van der Waals surface area contributed by atoms with Gasteiger partial charge in [0.05, 0.1) is 11.3 Å². The van der Waals surface area contributed by atoms with Crippen LogP contribution in [0.3, 0.4) is 0 Å². The molecule has 180 valence electrons. The summed E-state index contributed by atoms with van der Waals surface area (Å²) in [6.07, 6.45) is 0.697. The van der Waals surface area contributed by atoms with Crippen LogP contribution in [0.1, 0.15) is 50.3 Å². The molecule has 3 rings (SSSR count). The van der Waals surface area contributed by atoms with Crippen LogP contribution in [0, 0.1) is 22.9 Å². The van der Waals surface area contributed by atoms with Gasteiger partial charge in [0.15, 0.2) is 17.3 Å². The highest BCUT2D eigenvalue weighted by Gasteiger charge is 2.35. The standard InChI is InChI=1S/C23H30F3N5O2/c1-6-27-22(33)19(23(2,3)4)29-21(32)18-17-12-30(5)8-7-9-31(17)20(28-18)13-10-15(25)16(26)11-14(13)24/h10-11,19H,6-9,12H2,1-5H3,(H,27,33)(H,29,32). The third-order valence-electron chi connectivity index (χ3n) is 5.63. The van der Waals surface area contributed by atoms with Gasteiger partial charge in [-0.2, -0.15) is 0 Å². The zero-order valence-corrected chi connectivity index (χ0v) is 19.6. The van der Waals surface area contributed by atoms with E-state index in [9.17, 15) is 22.8 Å². The maximum Gasteiger partial charge on any atom is 0.272 e. The lowest BCUT2D eigenvalue weighted by Crippen LogP contribution is -2.53. The lowest BCUT2D eigenvalue weighted by atomic mass is 9.86. The fourth-order valence-corrected chi connectivity index (χ4v) is 3.95. The quantitative estimate of drug-likeness (QED) is 0.666. The van der Waals surface area contributed by atoms with Crippen molar-refractivity contribution in [3.63, 3.8) is 0 Å². The number of imidazole rings is 1. The SMILES string of the molecule is CCNC(=O)C(NC(=O)c1nc(-c2cc(F)c(F)cc2F)n2c1CN(C)CCC2)C(C)(C)C. The fourth-order valence-electron chi connectivity index (χ4n) is 3.95. The second-order valence-electron chi connectivity index (χ2n) is 9.39. The first-order valence-electron chi connectivity index (χ1n) is 11.0. The van der Waals surface area contributed by atoms with Crippen molar-refractivity contribution in [3.8, 4) is 11.4 Å². The Balaban J connectivity index is 2.09. The molecule has 2 amide bonds. The summed E-state index contributed by atoms with van der Waals surface area (Å²) in [5.41, 5.74) is -0.260. The molecule has 2 N–H and O–H groups in total. The predicted octanol–water partition coefficient (Wildman–Crippen LogP) is 3.08. The Morgan fingerprint density at radius 1 is 1.12 bits per heavy atom. The summed E-state index contributed by atoms with van der Waals surface area (Å²) in [4.78, 5) is 32.3. The molecule has 10 heteroatoms. The minimum atomic E-state index is -1.30. The lowest BCUT2D eigenvalue weighted by molar-refractivity contribution is -0.125. The van der Waals surface area contributed by atoms with Gasteiger partial charge in [-0.05, 0) is 38.4 Å². The van der Waals surface area contributed by atoms with Gasteiger partial charge in [0, 0.05) is 25.7 Å². The van der Waals surface area contributed by atoms with E-state index in [2.05, 4.69) is 15.6 Å². The topological polar surface area (TPSA) is 79.3 Å². The van der Waals surface area contributed by atoms with Crippen LogP contribution in [0.4, 0.5) is 13.2 Å². The summed E-state index contributed by atoms with van der Waals surface area (Å²) in [5, 5.41) is 5.49. The Labute approximate surface area is 191 Å². The number of fused-ring (bicyclic) bond motifs is 1. The van der Waals surface area contributed by atoms with Gasteiger partial charge in [0.2, 0.25) is 5.91 Å². The Morgan fingerprint density at radius 2 is 1.79 bits per heavy atom. The summed E-state index contributed by atoms with van der Waals surface area (Å²) >= 11 is 0. The highest BCUT2D eigenvalue weighted by atomic mass is 19.2. The van der Waals surface area contributed by atoms with Crippen molar-refractivity contribution < 1.29 is 22.8 Å². The number of hydrogen-bond acceptors (Lipinski definition) is 4. The first kappa shape index (κ1) is 24.8. The molecule has 2 aromatic rings. The maximum absolute atomic E-state index is 14.6. The second kappa shape index (κ2) is 9.54. The molecule has 0 bridgehead atoms. The predicted molar refractivity (Wildman–Crippen MR) is 118 cm³/mol. The van der Waals surface area contributed by atoms with Gasteiger partial charge < -0.3 is 20.1 Å². The van der Waals surface area contributed by atoms with E-state index in [-0.39, 0.29) is 23.0 Å². The molecule has 2 heterocycles. The van der Waals surface area contributed by atoms with Crippen molar-refractivity contribution in [1.82, 2.24) is 25.1 Å². The van der Waals surface area contributed by atoms with Crippen LogP contribution >= 0.6 is 0 Å². The molecule has 0 radical (unpaired) electrons. The molecule has 7 nitrogen and oxygen atoms in total. The van der Waals surface area contributed by atoms with E-state index in [1.165, 1.54) is 0 Å². The summed E-state index contributed by atoms with van der Waals surface area (Å²) in [6.45, 7) is 9.18. The lowest BCUT2D eigenvalue weighted by Gasteiger charge is -2.30. The molecular formula is C23H30F3N5O2. The van der Waals surface area contributed by atoms with Gasteiger partial charge in [0.25, 0.3) is 5.91 Å². The van der Waals surface area contributed by atoms with Crippen LogP contribution in [-0.2, 0) is 17.9 Å². The fraction of sp³-hybridized carbons (Fsp3) is 0.522. The molecule has 1 unspecified atom stereocenters. The van der Waals surface area contributed by atoms with Crippen LogP contribution in [0.2, 0.25) is 0 Å². The van der Waals surface area contributed by atoms with Gasteiger partial charge in [-0.15, -0.1) is 0 Å². The number of amides is 2. The molecule has 1 atom stereocenters. The summed E-state index contributed by atoms with van der Waals surface area (Å²) in [5.74, 6) is -4.34. The van der Waals surface area contributed by atoms with Crippen molar-refractivity contribution in [2.24, 2.45) is 5.41 Å². The number of rotatable bonds is 5. The molecule has 0 fully saturated rings. The molecular weight excluding hydrogens is 435 g/mol. The Kier molecular flexibility index (Phi) is 7.16. The zero-order chi connectivity index (χ0) is 24.5. The Morgan fingerprint density at radius 3 is 2.42 bits per heavy atom. The largest absolute Gasteiger partial charge is 0.355 e. The highest BCUT2D eigenvalue weighted by molar-refractivity contribution is 5.98. The smallest absolute Gasteiger partial charge is 0.272 e. The van der Waals surface area contributed by atoms with Crippen molar-refractivity contribution in [2.45, 2.75) is 53.2 Å². The number of likely N-dealkylation sites (N-methyl/N-ethyl adjacent to an activating group) is 1. The van der Waals surface area contributed by atoms with Gasteiger partial charge in [-0.3, -0.25) is 9.59 Å². The first-order valence-corrected chi connectivity index (χ1v) is 11.0. The summed E-state index contributed by atoms with van der Waals surface area (Å²) in [6, 6.07) is 0.386. The summed E-state index contributed by atoms with van der Waals surface area (Å²) < 4.78 is 43.7. The average molecular weight is 466 g/mol. The number of carbonyl (C=O) groups is 2. The number of benzene rings is 1. The van der Waals surface area contributed by atoms with E-state index < -0.39 is 34.8 Å². The van der Waals surface area contributed by atoms with Crippen molar-refractivity contribution in [3.05, 3.63) is 41.0 Å². The van der Waals surface area contributed by atoms with Crippen LogP contribution in [-0.4, -0.2) is 52.4 Å². The van der Waals surface area contributed by atoms with Gasteiger partial charge in [-0.1, -0.05) is 20.8 Å². The molecule has 1 aliphatic rings. The number of halogens is 3. The zero-order valence-electron chi connectivity index (χ0n) is 19.6. The van der Waals surface area contributed by atoms with Crippen molar-refractivity contribution in [1.29, 1.82) is 0 Å². The number of carbonyl (C=O) groups excluding carboxylic acids is 2. The molecule has 1 aliphatic heterocycles. The number of nitrogens with one attached hydrogen (secondary N) is 2. The number of aromatic nitrogens is 2. The molecule has 0 saturated heterocycles. The first-order chi connectivity index (χ1) is 15.4. The Bertz CT molecular complexity index is 1060. The average Bonchev–Trinajstić information content (AvgIpc) is 2.94. The third-order valence-corrected chi connectivity index (χ3v) is 5.63. The van der Waals surface area contributed by atoms with Gasteiger partial charge in [0.1, 0.15) is 17.7 Å². The molecule has 0 saturated carbocycles. The normalized spacial score (nSPS) is 15.5. The molecule has 0 spiro atoms. The van der Waals surface area contributed by atoms with E-state index in [0.29, 0.717) is 37.8 Å². The summed E-state index contributed by atoms with van der Waals surface area (Å²) in [7, 11) is 1.88. The van der Waals surface area contributed by atoms with E-state index >= 15 is 0 Å². The van der Waals surface area contributed by atoms with Crippen LogP contribution in [0.25, 0.3) is 11.4 Å². The minimum absolute atomic E-state index is 0.0291. The molecule has 33 heavy (non-hydrogen) atoms. The Hall–Kier alpha value is -2.88. The van der Waals surface area contributed by atoms with Crippen molar-refractivity contribution in [2.75, 3.05) is 20.1 Å². The number of hydrogen-bond donors (Lipinski definition) is 2. The molecule has 1 aromatic carbocycles. The van der Waals surface area contributed by atoms with Crippen LogP contribution < -0.4 is 10.6 Å². The third kappa shape index (κ3) is 5.21. The molecule has 0 aliphatic carbocycles. The minimum Gasteiger partial charge on any atom is -0.355 e. The second-order valence-corrected chi connectivity index (χ2v) is 9.39. The maximum atomic E-state index is 14.6. The van der Waals surface area contributed by atoms with Gasteiger partial charge in [-0.25, -0.2) is 18.2 Å². The van der Waals surface area contributed by atoms with E-state index in [1.807, 2.05) is 32.7 Å². The number of nitrogens with zero attached hydrogens (tertiary/aromatic N) is 3.